The van der Waals surface area contributed by atoms with E-state index < -0.39 is 35.6 Å². The molecule has 280 valence electrons. The van der Waals surface area contributed by atoms with Crippen LogP contribution in [0.2, 0.25) is 0 Å². The number of pyridine rings is 1. The zero-order valence-electron chi connectivity index (χ0n) is 30.5. The fourth-order valence-corrected chi connectivity index (χ4v) is 8.56. The molecule has 5 atom stereocenters. The van der Waals surface area contributed by atoms with Crippen molar-refractivity contribution in [3.63, 3.8) is 0 Å². The lowest BCUT2D eigenvalue weighted by molar-refractivity contribution is -0.145. The molecule has 12 nitrogen and oxygen atoms in total. The standard InChI is InChI=1S/C40H48N6O6S/c1-24(2)41-39-44-33(23-53-39)32-20-35(29-17-16-27(51-3)18-31(29)43-32)52-28-19-34-36(47)45-40(38(49)50)21-25(40)12-8-5-4-6-11-15-30(37(48)46(34)22-28)42-26-13-9-7-10-14-26/h7,9-10,13-14,16-18,20,23-25,28,30,34,42H,4-6,8,11-12,15,19,21-22H2,1-3H3,(H,41,44)(H,45,47)(H,49,50)/t25-,28-,30+,34+,40-/m1/s1. The molecule has 7 rings (SSSR count). The molecule has 2 saturated heterocycles. The smallest absolute Gasteiger partial charge is 0.329 e. The molecule has 2 amide bonds. The number of aromatic nitrogens is 2. The minimum atomic E-state index is -1.31. The molecule has 2 aromatic carbocycles. The number of carbonyl (C=O) groups is 3. The molecule has 3 aliphatic rings. The third-order valence-electron chi connectivity index (χ3n) is 10.6. The number of aliphatic carboxylic acids is 1. The number of carboxylic acids is 1. The Morgan fingerprint density at radius 3 is 2.55 bits per heavy atom. The summed E-state index contributed by atoms with van der Waals surface area (Å²) in [6.07, 6.45) is 6.13. The SMILES string of the molecule is COc1ccc2c(O[C@@H]3C[C@H]4C(=O)N[C@]5(C(=O)O)C[C@H]5CCCCCCC[C@H](Nc5ccccc5)C(=O)N4C3)cc(-c3csc(NC(C)C)n3)nc2c1. The highest BCUT2D eigenvalue weighted by Crippen LogP contribution is 2.47. The van der Waals surface area contributed by atoms with Gasteiger partial charge in [-0.2, -0.15) is 0 Å². The maximum atomic E-state index is 14.6. The number of carboxylic acid groups (broad SMARTS) is 1. The van der Waals surface area contributed by atoms with Gasteiger partial charge in [0.1, 0.15) is 40.9 Å². The molecule has 0 unspecified atom stereocenters. The van der Waals surface area contributed by atoms with Crippen LogP contribution in [0, 0.1) is 5.92 Å². The molecule has 4 heterocycles. The fourth-order valence-electron chi connectivity index (χ4n) is 7.70. The maximum Gasteiger partial charge on any atom is 0.329 e. The van der Waals surface area contributed by atoms with Gasteiger partial charge >= 0.3 is 5.97 Å². The second-order valence-electron chi connectivity index (χ2n) is 14.8. The second kappa shape index (κ2) is 15.6. The van der Waals surface area contributed by atoms with E-state index in [9.17, 15) is 19.5 Å². The van der Waals surface area contributed by atoms with E-state index in [-0.39, 0.29) is 30.8 Å². The van der Waals surface area contributed by atoms with E-state index in [1.54, 1.807) is 12.0 Å². The van der Waals surface area contributed by atoms with Crippen molar-refractivity contribution in [2.75, 3.05) is 24.3 Å². The molecule has 2 aromatic heterocycles. The summed E-state index contributed by atoms with van der Waals surface area (Å²) in [5.74, 6) is -0.620. The summed E-state index contributed by atoms with van der Waals surface area (Å²) in [5.41, 5.74) is 1.47. The van der Waals surface area contributed by atoms with Gasteiger partial charge in [0.15, 0.2) is 5.13 Å². The van der Waals surface area contributed by atoms with Gasteiger partial charge in [0, 0.05) is 41.0 Å². The van der Waals surface area contributed by atoms with E-state index >= 15 is 0 Å². The van der Waals surface area contributed by atoms with Crippen LogP contribution < -0.4 is 25.4 Å². The zero-order valence-corrected chi connectivity index (χ0v) is 31.3. The highest BCUT2D eigenvalue weighted by molar-refractivity contribution is 7.14. The molecule has 1 aliphatic carbocycles. The minimum Gasteiger partial charge on any atom is -0.497 e. The Labute approximate surface area is 313 Å². The highest BCUT2D eigenvalue weighted by Gasteiger charge is 2.62. The molecular weight excluding hydrogens is 693 g/mol. The quantitative estimate of drug-likeness (QED) is 0.145. The molecule has 4 N–H and O–H groups in total. The summed E-state index contributed by atoms with van der Waals surface area (Å²) in [5, 5.41) is 23.5. The number of carbonyl (C=O) groups excluding carboxylic acids is 2. The van der Waals surface area contributed by atoms with E-state index in [4.69, 9.17) is 19.4 Å². The van der Waals surface area contributed by atoms with Crippen LogP contribution in [-0.4, -0.2) is 81.2 Å². The van der Waals surface area contributed by atoms with E-state index in [1.807, 2.05) is 60.0 Å². The van der Waals surface area contributed by atoms with Crippen molar-refractivity contribution >= 4 is 50.8 Å². The first-order chi connectivity index (χ1) is 25.6. The van der Waals surface area contributed by atoms with E-state index in [1.165, 1.54) is 11.3 Å². The monoisotopic (exact) mass is 740 g/mol. The van der Waals surface area contributed by atoms with Gasteiger partial charge in [-0.05, 0) is 63.3 Å². The van der Waals surface area contributed by atoms with Crippen molar-refractivity contribution < 1.29 is 29.0 Å². The van der Waals surface area contributed by atoms with Gasteiger partial charge in [0.05, 0.1) is 24.9 Å². The molecular formula is C40H48N6O6S. The number of anilines is 2. The van der Waals surface area contributed by atoms with Gasteiger partial charge < -0.3 is 35.4 Å². The largest absolute Gasteiger partial charge is 0.497 e. The Morgan fingerprint density at radius 1 is 1.02 bits per heavy atom. The van der Waals surface area contributed by atoms with Gasteiger partial charge in [0.2, 0.25) is 11.8 Å². The summed E-state index contributed by atoms with van der Waals surface area (Å²) in [6.45, 7) is 4.26. The van der Waals surface area contributed by atoms with Crippen LogP contribution in [0.5, 0.6) is 11.5 Å². The van der Waals surface area contributed by atoms with Crippen molar-refractivity contribution in [2.24, 2.45) is 5.92 Å². The van der Waals surface area contributed by atoms with Crippen molar-refractivity contribution in [3.8, 4) is 22.9 Å². The topological polar surface area (TPSA) is 155 Å². The summed E-state index contributed by atoms with van der Waals surface area (Å²) in [4.78, 5) is 52.7. The number of thiazole rings is 1. The predicted molar refractivity (Wildman–Crippen MR) is 205 cm³/mol. The van der Waals surface area contributed by atoms with Crippen molar-refractivity contribution in [1.29, 1.82) is 0 Å². The normalized spacial score (nSPS) is 25.1. The summed E-state index contributed by atoms with van der Waals surface area (Å²) < 4.78 is 12.3. The van der Waals surface area contributed by atoms with Gasteiger partial charge in [-0.25, -0.2) is 14.8 Å². The number of nitrogens with zero attached hydrogens (tertiary/aromatic N) is 3. The summed E-state index contributed by atoms with van der Waals surface area (Å²) in [7, 11) is 1.60. The first-order valence-electron chi connectivity index (χ1n) is 18.7. The van der Waals surface area contributed by atoms with Gasteiger partial charge in [-0.15, -0.1) is 11.3 Å². The number of hydrogen-bond acceptors (Lipinski definition) is 10. The second-order valence-corrected chi connectivity index (χ2v) is 15.6. The Bertz CT molecular complexity index is 1950. The molecule has 3 fully saturated rings. The van der Waals surface area contributed by atoms with Gasteiger partial charge in [0.25, 0.3) is 0 Å². The molecule has 53 heavy (non-hydrogen) atoms. The number of para-hydroxylation sites is 1. The lowest BCUT2D eigenvalue weighted by Gasteiger charge is -2.30. The molecule has 0 spiro atoms. The first-order valence-corrected chi connectivity index (χ1v) is 19.6. The van der Waals surface area contributed by atoms with Crippen molar-refractivity contribution in [2.45, 2.75) is 101 Å². The van der Waals surface area contributed by atoms with Gasteiger partial charge in [-0.3, -0.25) is 9.59 Å². The number of methoxy groups -OCH3 is 1. The lowest BCUT2D eigenvalue weighted by Crippen LogP contribution is -2.55. The average Bonchev–Trinajstić information content (AvgIpc) is 3.42. The van der Waals surface area contributed by atoms with Crippen LogP contribution in [0.1, 0.15) is 71.6 Å². The Kier molecular flexibility index (Phi) is 10.7. The van der Waals surface area contributed by atoms with Crippen LogP contribution in [0.15, 0.2) is 60.0 Å². The molecule has 0 radical (unpaired) electrons. The van der Waals surface area contributed by atoms with Crippen LogP contribution in [0.4, 0.5) is 10.8 Å². The minimum absolute atomic E-state index is 0.125. The van der Waals surface area contributed by atoms with Crippen LogP contribution in [-0.2, 0) is 14.4 Å². The van der Waals surface area contributed by atoms with Crippen molar-refractivity contribution in [3.05, 3.63) is 60.0 Å². The third-order valence-corrected chi connectivity index (χ3v) is 11.4. The summed E-state index contributed by atoms with van der Waals surface area (Å²) in [6, 6.07) is 15.8. The average molecular weight is 741 g/mol. The lowest BCUT2D eigenvalue weighted by atomic mass is 10.0. The molecule has 2 aliphatic heterocycles. The van der Waals surface area contributed by atoms with E-state index in [2.05, 4.69) is 29.8 Å². The number of benzene rings is 2. The highest BCUT2D eigenvalue weighted by atomic mass is 32.1. The number of fused-ring (bicyclic) bond motifs is 3. The molecule has 0 bridgehead atoms. The van der Waals surface area contributed by atoms with Crippen LogP contribution in [0.25, 0.3) is 22.3 Å². The number of hydrogen-bond donors (Lipinski definition) is 4. The Hall–Kier alpha value is -4.91. The van der Waals surface area contributed by atoms with Crippen LogP contribution >= 0.6 is 11.3 Å². The number of ether oxygens (including phenoxy) is 2. The van der Waals surface area contributed by atoms with Crippen LogP contribution in [0.3, 0.4) is 0 Å². The molecule has 4 aromatic rings. The Morgan fingerprint density at radius 2 is 1.79 bits per heavy atom. The first kappa shape index (κ1) is 36.4. The maximum absolute atomic E-state index is 14.6. The number of rotatable bonds is 9. The van der Waals surface area contributed by atoms with E-state index in [0.29, 0.717) is 41.2 Å². The molecule has 13 heteroatoms. The number of amides is 2. The molecule has 1 saturated carbocycles. The van der Waals surface area contributed by atoms with Crippen molar-refractivity contribution in [1.82, 2.24) is 20.2 Å². The predicted octanol–water partition coefficient (Wildman–Crippen LogP) is 6.72. The number of nitrogens with one attached hydrogen (secondary N) is 3. The van der Waals surface area contributed by atoms with E-state index in [0.717, 1.165) is 54.7 Å². The summed E-state index contributed by atoms with van der Waals surface area (Å²) >= 11 is 1.49. The Balaban J connectivity index is 1.22. The zero-order chi connectivity index (χ0) is 37.1. The van der Waals surface area contributed by atoms with Gasteiger partial charge in [-0.1, -0.05) is 50.3 Å². The third kappa shape index (κ3) is 8.04. The fraction of sp³-hybridized carbons (Fsp3) is 0.475.